The van der Waals surface area contributed by atoms with Gasteiger partial charge in [-0.25, -0.2) is 4.79 Å². The maximum atomic E-state index is 12.2. The molecule has 1 aromatic carbocycles. The van der Waals surface area contributed by atoms with E-state index < -0.39 is 0 Å². The summed E-state index contributed by atoms with van der Waals surface area (Å²) in [5.74, 6) is 0.0353. The molecule has 0 spiro atoms. The molecule has 5 nitrogen and oxygen atoms in total. The number of urea groups is 1. The minimum absolute atomic E-state index is 0.0353. The van der Waals surface area contributed by atoms with Crippen LogP contribution in [0, 0.1) is 12.3 Å². The maximum Gasteiger partial charge on any atom is 0.328 e. The molecule has 0 atom stereocenters. The van der Waals surface area contributed by atoms with Crippen LogP contribution in [0.5, 0.6) is 0 Å². The second kappa shape index (κ2) is 6.43. The van der Waals surface area contributed by atoms with Crippen molar-refractivity contribution in [3.05, 3.63) is 28.8 Å². The maximum absolute atomic E-state index is 12.2. The van der Waals surface area contributed by atoms with Crippen LogP contribution in [0.15, 0.2) is 18.2 Å². The Labute approximate surface area is 118 Å². The van der Waals surface area contributed by atoms with Crippen molar-refractivity contribution in [2.45, 2.75) is 13.8 Å². The van der Waals surface area contributed by atoms with Crippen molar-refractivity contribution in [1.82, 2.24) is 10.2 Å². The predicted octanol–water partition coefficient (Wildman–Crippen LogP) is 2.68. The molecule has 2 N–H and O–H groups in total. The molecule has 6 heteroatoms. The zero-order valence-corrected chi connectivity index (χ0v) is 12.4. The van der Waals surface area contributed by atoms with Crippen LogP contribution >= 0.6 is 11.6 Å². The Morgan fingerprint density at radius 1 is 1.42 bits per heavy atom. The summed E-state index contributed by atoms with van der Waals surface area (Å²) in [6.45, 7) is 4.23. The Kier molecular flexibility index (Phi) is 5.18. The number of carbonyl (C=O) groups excluding carboxylic acids is 1. The van der Waals surface area contributed by atoms with Crippen molar-refractivity contribution in [2.24, 2.45) is 0 Å². The van der Waals surface area contributed by atoms with E-state index in [1.807, 2.05) is 26.0 Å². The van der Waals surface area contributed by atoms with E-state index in [2.05, 4.69) is 5.32 Å². The monoisotopic (exact) mass is 282 g/mol. The topological polar surface area (TPSA) is 59.4 Å². The molecule has 0 fully saturated rings. The second-order valence-corrected chi connectivity index (χ2v) is 4.73. The highest BCUT2D eigenvalue weighted by Gasteiger charge is 2.19. The van der Waals surface area contributed by atoms with Crippen LogP contribution in [0.1, 0.15) is 12.5 Å². The van der Waals surface area contributed by atoms with Gasteiger partial charge in [-0.15, -0.1) is 0 Å². The zero-order chi connectivity index (χ0) is 14.6. The number of halogens is 1. The highest BCUT2D eigenvalue weighted by Crippen LogP contribution is 2.29. The van der Waals surface area contributed by atoms with Gasteiger partial charge in [0.15, 0.2) is 5.96 Å². The molecule has 0 heterocycles. The quantitative estimate of drug-likeness (QED) is 0.647. The molecule has 0 aliphatic rings. The summed E-state index contributed by atoms with van der Waals surface area (Å²) in [7, 11) is 3.39. The van der Waals surface area contributed by atoms with E-state index in [-0.39, 0.29) is 12.0 Å². The van der Waals surface area contributed by atoms with Crippen LogP contribution in [0.25, 0.3) is 0 Å². The summed E-state index contributed by atoms with van der Waals surface area (Å²) >= 11 is 6.16. The van der Waals surface area contributed by atoms with Gasteiger partial charge in [-0.05, 0) is 25.5 Å². The number of rotatable bonds is 2. The number of anilines is 1. The van der Waals surface area contributed by atoms with Gasteiger partial charge < -0.3 is 4.90 Å². The van der Waals surface area contributed by atoms with Crippen molar-refractivity contribution < 1.29 is 4.79 Å². The first-order valence-electron chi connectivity index (χ1n) is 5.98. The van der Waals surface area contributed by atoms with Crippen molar-refractivity contribution in [3.63, 3.8) is 0 Å². The average Bonchev–Trinajstić information content (AvgIpc) is 2.33. The van der Waals surface area contributed by atoms with Gasteiger partial charge in [0.1, 0.15) is 0 Å². The Morgan fingerprint density at radius 2 is 2.05 bits per heavy atom. The summed E-state index contributed by atoms with van der Waals surface area (Å²) in [5, 5.41) is 10.7. The lowest BCUT2D eigenvalue weighted by molar-refractivity contribution is 0.250. The van der Waals surface area contributed by atoms with Gasteiger partial charge in [0.25, 0.3) is 0 Å². The van der Waals surface area contributed by atoms with Gasteiger partial charge >= 0.3 is 6.03 Å². The van der Waals surface area contributed by atoms with Gasteiger partial charge in [-0.1, -0.05) is 23.7 Å². The van der Waals surface area contributed by atoms with E-state index in [4.69, 9.17) is 17.0 Å². The van der Waals surface area contributed by atoms with E-state index in [0.717, 1.165) is 5.56 Å². The molecule has 0 aliphatic heterocycles. The number of aryl methyl sites for hydroxylation is 1. The zero-order valence-electron chi connectivity index (χ0n) is 11.6. The lowest BCUT2D eigenvalue weighted by Crippen LogP contribution is -2.47. The molecular weight excluding hydrogens is 264 g/mol. The number of nitrogens with zero attached hydrogens (tertiary/aromatic N) is 2. The van der Waals surface area contributed by atoms with Crippen LogP contribution < -0.4 is 10.2 Å². The van der Waals surface area contributed by atoms with E-state index in [1.165, 1.54) is 9.80 Å². The molecule has 0 aliphatic carbocycles. The Hall–Kier alpha value is -1.75. The molecule has 0 bridgehead atoms. The average molecular weight is 283 g/mol. The first kappa shape index (κ1) is 15.3. The normalized spacial score (nSPS) is 9.95. The number of guanidine groups is 1. The van der Waals surface area contributed by atoms with Crippen LogP contribution in [-0.2, 0) is 0 Å². The lowest BCUT2D eigenvalue weighted by atomic mass is 10.2. The van der Waals surface area contributed by atoms with Gasteiger partial charge in [-0.2, -0.15) is 0 Å². The molecule has 0 saturated carbocycles. The number of amides is 2. The number of benzene rings is 1. The molecule has 104 valence electrons. The minimum Gasteiger partial charge on any atom is -0.349 e. The lowest BCUT2D eigenvalue weighted by Gasteiger charge is -2.25. The standard InChI is InChI=1S/C13H19ClN4O/c1-5-18(13(19)16-12(15)17(3)4)11-9(2)7-6-8-10(11)14/h6-8H,5H2,1-4H3,(H2,15,16,19). The fourth-order valence-electron chi connectivity index (χ4n) is 1.65. The third-order valence-electron chi connectivity index (χ3n) is 2.69. The van der Waals surface area contributed by atoms with Crippen molar-refractivity contribution in [2.75, 3.05) is 25.5 Å². The Bertz CT molecular complexity index is 467. The SMILES string of the molecule is CCN(C(=O)NC(=N)N(C)C)c1c(C)cccc1Cl. The van der Waals surface area contributed by atoms with Crippen molar-refractivity contribution in [1.29, 1.82) is 5.41 Å². The van der Waals surface area contributed by atoms with Crippen LogP contribution in [-0.4, -0.2) is 37.5 Å². The molecule has 0 radical (unpaired) electrons. The molecule has 1 rings (SSSR count). The third kappa shape index (κ3) is 3.61. The second-order valence-electron chi connectivity index (χ2n) is 4.32. The van der Waals surface area contributed by atoms with Crippen molar-refractivity contribution in [3.8, 4) is 0 Å². The number of hydrogen-bond acceptors (Lipinski definition) is 2. The van der Waals surface area contributed by atoms with E-state index in [0.29, 0.717) is 17.3 Å². The molecule has 0 aromatic heterocycles. The fraction of sp³-hybridized carbons (Fsp3) is 0.385. The molecule has 19 heavy (non-hydrogen) atoms. The summed E-state index contributed by atoms with van der Waals surface area (Å²) in [6, 6.07) is 5.12. The smallest absolute Gasteiger partial charge is 0.328 e. The first-order valence-corrected chi connectivity index (χ1v) is 6.35. The van der Waals surface area contributed by atoms with Gasteiger partial charge in [-0.3, -0.25) is 15.6 Å². The third-order valence-corrected chi connectivity index (χ3v) is 3.00. The summed E-state index contributed by atoms with van der Waals surface area (Å²) < 4.78 is 0. The number of hydrogen-bond donors (Lipinski definition) is 2. The summed E-state index contributed by atoms with van der Waals surface area (Å²) in [6.07, 6.45) is 0. The first-order chi connectivity index (χ1) is 8.88. The van der Waals surface area contributed by atoms with Crippen molar-refractivity contribution >= 4 is 29.3 Å². The molecule has 0 unspecified atom stereocenters. The van der Waals surface area contributed by atoms with E-state index >= 15 is 0 Å². The predicted molar refractivity (Wildman–Crippen MR) is 79.2 cm³/mol. The fourth-order valence-corrected chi connectivity index (χ4v) is 1.97. The number of nitrogens with one attached hydrogen (secondary N) is 2. The Balaban J connectivity index is 3.01. The number of para-hydroxylation sites is 1. The van der Waals surface area contributed by atoms with Gasteiger partial charge in [0.05, 0.1) is 10.7 Å². The highest BCUT2D eigenvalue weighted by molar-refractivity contribution is 6.34. The Morgan fingerprint density at radius 3 is 2.53 bits per heavy atom. The summed E-state index contributed by atoms with van der Waals surface area (Å²) in [4.78, 5) is 15.2. The highest BCUT2D eigenvalue weighted by atomic mass is 35.5. The van der Waals surface area contributed by atoms with Crippen LogP contribution in [0.2, 0.25) is 5.02 Å². The van der Waals surface area contributed by atoms with Gasteiger partial charge in [0.2, 0.25) is 0 Å². The largest absolute Gasteiger partial charge is 0.349 e. The summed E-state index contributed by atoms with van der Waals surface area (Å²) in [5.41, 5.74) is 1.59. The van der Waals surface area contributed by atoms with E-state index in [1.54, 1.807) is 20.2 Å². The minimum atomic E-state index is -0.364. The molecule has 0 saturated heterocycles. The van der Waals surface area contributed by atoms with Crippen LogP contribution in [0.4, 0.5) is 10.5 Å². The van der Waals surface area contributed by atoms with Crippen LogP contribution in [0.3, 0.4) is 0 Å². The van der Waals surface area contributed by atoms with E-state index in [9.17, 15) is 4.79 Å². The number of carbonyl (C=O) groups is 1. The van der Waals surface area contributed by atoms with Gasteiger partial charge in [0, 0.05) is 20.6 Å². The molecule has 2 amide bonds. The molecule has 1 aromatic rings. The molecular formula is C13H19ClN4O.